The van der Waals surface area contributed by atoms with Gasteiger partial charge in [-0.05, 0) is 37.5 Å². The van der Waals surface area contributed by atoms with Crippen LogP contribution in [0.4, 0.5) is 0 Å². The van der Waals surface area contributed by atoms with Gasteiger partial charge >= 0.3 is 0 Å². The largest absolute Gasteiger partial charge is 0.548 e. The van der Waals surface area contributed by atoms with Crippen LogP contribution in [0.2, 0.25) is 0 Å². The van der Waals surface area contributed by atoms with Gasteiger partial charge in [0.05, 0.1) is 12.0 Å². The molecule has 0 radical (unpaired) electrons. The first kappa shape index (κ1) is 13.6. The molecule has 1 unspecified atom stereocenters. The van der Waals surface area contributed by atoms with Gasteiger partial charge in [0.25, 0.3) is 5.91 Å². The van der Waals surface area contributed by atoms with Gasteiger partial charge in [0.15, 0.2) is 5.76 Å². The maximum atomic E-state index is 11.6. The highest BCUT2D eigenvalue weighted by molar-refractivity contribution is 7.98. The molecule has 1 atom stereocenters. The van der Waals surface area contributed by atoms with Crippen molar-refractivity contribution in [3.8, 4) is 0 Å². The Bertz CT molecular complexity index is 402. The van der Waals surface area contributed by atoms with E-state index in [1.165, 1.54) is 17.8 Å². The Morgan fingerprint density at radius 3 is 2.71 bits per heavy atom. The van der Waals surface area contributed by atoms with Crippen LogP contribution >= 0.6 is 11.8 Å². The highest BCUT2D eigenvalue weighted by Gasteiger charge is 2.16. The number of carboxylic acid groups (broad SMARTS) is 1. The lowest BCUT2D eigenvalue weighted by atomic mass is 10.2. The van der Waals surface area contributed by atoms with Gasteiger partial charge in [-0.15, -0.1) is 0 Å². The monoisotopic (exact) mass is 256 g/mol. The summed E-state index contributed by atoms with van der Waals surface area (Å²) >= 11 is 1.51. The summed E-state index contributed by atoms with van der Waals surface area (Å²) in [4.78, 5) is 22.4. The maximum absolute atomic E-state index is 11.6. The van der Waals surface area contributed by atoms with E-state index in [1.807, 2.05) is 6.26 Å². The Balaban J connectivity index is 2.60. The second kappa shape index (κ2) is 6.34. The molecule has 0 bridgehead atoms. The number of nitrogens with one attached hydrogen (secondary N) is 1. The second-order valence-electron chi connectivity index (χ2n) is 3.54. The number of carboxylic acids is 1. The summed E-state index contributed by atoms with van der Waals surface area (Å²) < 4.78 is 5.10. The number of carbonyl (C=O) groups is 2. The topological polar surface area (TPSA) is 82.4 Å². The number of thioether (sulfide) groups is 1. The van der Waals surface area contributed by atoms with Gasteiger partial charge in [-0.2, -0.15) is 11.8 Å². The molecular weight excluding hydrogens is 242 g/mol. The molecule has 1 amide bonds. The molecule has 0 aliphatic heterocycles. The summed E-state index contributed by atoms with van der Waals surface area (Å²) in [5.74, 6) is -0.470. The Labute approximate surface area is 104 Å². The fourth-order valence-corrected chi connectivity index (χ4v) is 1.74. The summed E-state index contributed by atoms with van der Waals surface area (Å²) in [6.07, 6.45) is 2.19. The summed E-state index contributed by atoms with van der Waals surface area (Å²) in [7, 11) is 0. The lowest BCUT2D eigenvalue weighted by molar-refractivity contribution is -0.308. The Morgan fingerprint density at radius 1 is 1.53 bits per heavy atom. The SMILES string of the molecule is CSCCC(NC(=O)c1ccc(C)o1)C(=O)[O-]. The third-order valence-corrected chi connectivity index (χ3v) is 2.81. The second-order valence-corrected chi connectivity index (χ2v) is 4.52. The lowest BCUT2D eigenvalue weighted by Gasteiger charge is -2.18. The van der Waals surface area contributed by atoms with Crippen molar-refractivity contribution in [1.82, 2.24) is 5.32 Å². The molecule has 0 saturated carbocycles. The number of amides is 1. The molecule has 1 heterocycles. The zero-order chi connectivity index (χ0) is 12.8. The molecule has 1 N–H and O–H groups in total. The van der Waals surface area contributed by atoms with E-state index >= 15 is 0 Å². The molecular formula is C11H14NO4S-. The predicted octanol–water partition coefficient (Wildman–Crippen LogP) is 0.189. The fourth-order valence-electron chi connectivity index (χ4n) is 1.27. The smallest absolute Gasteiger partial charge is 0.287 e. The minimum Gasteiger partial charge on any atom is -0.548 e. The van der Waals surface area contributed by atoms with Gasteiger partial charge in [0.2, 0.25) is 0 Å². The molecule has 0 spiro atoms. The van der Waals surface area contributed by atoms with Crippen molar-refractivity contribution in [1.29, 1.82) is 0 Å². The molecule has 1 aromatic heterocycles. The van der Waals surface area contributed by atoms with Crippen molar-refractivity contribution in [2.24, 2.45) is 0 Å². The van der Waals surface area contributed by atoms with E-state index in [2.05, 4.69) is 5.32 Å². The van der Waals surface area contributed by atoms with Crippen LogP contribution in [0.25, 0.3) is 0 Å². The van der Waals surface area contributed by atoms with Crippen molar-refractivity contribution < 1.29 is 19.1 Å². The summed E-state index contributed by atoms with van der Waals surface area (Å²) in [6, 6.07) is 2.16. The Hall–Kier alpha value is -1.43. The highest BCUT2D eigenvalue weighted by Crippen LogP contribution is 2.07. The Morgan fingerprint density at radius 2 is 2.24 bits per heavy atom. The summed E-state index contributed by atoms with van der Waals surface area (Å²) in [6.45, 7) is 1.71. The van der Waals surface area contributed by atoms with Gasteiger partial charge in [-0.1, -0.05) is 0 Å². The van der Waals surface area contributed by atoms with E-state index in [4.69, 9.17) is 4.42 Å². The minimum absolute atomic E-state index is 0.109. The third kappa shape index (κ3) is 4.14. The molecule has 1 rings (SSSR count). The number of hydrogen-bond acceptors (Lipinski definition) is 5. The van der Waals surface area contributed by atoms with E-state index in [9.17, 15) is 14.7 Å². The van der Waals surface area contributed by atoms with Gasteiger partial charge in [0, 0.05) is 0 Å². The molecule has 0 saturated heterocycles. The zero-order valence-electron chi connectivity index (χ0n) is 9.69. The molecule has 0 aliphatic carbocycles. The normalized spacial score (nSPS) is 12.1. The molecule has 94 valence electrons. The van der Waals surface area contributed by atoms with Gasteiger partial charge < -0.3 is 19.6 Å². The Kier molecular flexibility index (Phi) is 5.09. The molecule has 0 aromatic carbocycles. The molecule has 17 heavy (non-hydrogen) atoms. The van der Waals surface area contributed by atoms with E-state index < -0.39 is 17.9 Å². The van der Waals surface area contributed by atoms with Crippen molar-refractivity contribution in [3.05, 3.63) is 23.7 Å². The number of aliphatic carboxylic acids is 1. The number of rotatable bonds is 6. The van der Waals surface area contributed by atoms with Gasteiger partial charge in [-0.25, -0.2) is 0 Å². The van der Waals surface area contributed by atoms with E-state index in [1.54, 1.807) is 13.0 Å². The van der Waals surface area contributed by atoms with E-state index in [0.717, 1.165) is 0 Å². The summed E-state index contributed by atoms with van der Waals surface area (Å²) in [5, 5.41) is 13.2. The first-order chi connectivity index (χ1) is 8.04. The quantitative estimate of drug-likeness (QED) is 0.785. The van der Waals surface area contributed by atoms with Crippen LogP contribution in [0.5, 0.6) is 0 Å². The maximum Gasteiger partial charge on any atom is 0.287 e. The van der Waals surface area contributed by atoms with Crippen LogP contribution in [-0.4, -0.2) is 29.9 Å². The average Bonchev–Trinajstić information content (AvgIpc) is 2.70. The number of hydrogen-bond donors (Lipinski definition) is 1. The van der Waals surface area contributed by atoms with Crippen LogP contribution in [0, 0.1) is 6.92 Å². The molecule has 1 aromatic rings. The first-order valence-corrected chi connectivity index (χ1v) is 6.51. The van der Waals surface area contributed by atoms with Crippen molar-refractivity contribution in [3.63, 3.8) is 0 Å². The standard InChI is InChI=1S/C11H15NO4S/c1-7-3-4-9(16-7)10(13)12-8(11(14)15)5-6-17-2/h3-4,8H,5-6H2,1-2H3,(H,12,13)(H,14,15)/p-1. The predicted molar refractivity (Wildman–Crippen MR) is 62.7 cm³/mol. The van der Waals surface area contributed by atoms with E-state index in [0.29, 0.717) is 17.9 Å². The average molecular weight is 256 g/mol. The zero-order valence-corrected chi connectivity index (χ0v) is 10.5. The van der Waals surface area contributed by atoms with Crippen molar-refractivity contribution in [2.45, 2.75) is 19.4 Å². The van der Waals surface area contributed by atoms with Crippen LogP contribution < -0.4 is 10.4 Å². The van der Waals surface area contributed by atoms with E-state index in [-0.39, 0.29) is 5.76 Å². The third-order valence-electron chi connectivity index (χ3n) is 2.16. The first-order valence-electron chi connectivity index (χ1n) is 5.11. The number of aryl methyl sites for hydroxylation is 1. The van der Waals surface area contributed by atoms with Crippen LogP contribution in [0.15, 0.2) is 16.5 Å². The van der Waals surface area contributed by atoms with Gasteiger partial charge in [-0.3, -0.25) is 4.79 Å². The minimum atomic E-state index is -1.28. The van der Waals surface area contributed by atoms with Crippen molar-refractivity contribution in [2.75, 3.05) is 12.0 Å². The van der Waals surface area contributed by atoms with Crippen LogP contribution in [0.1, 0.15) is 22.7 Å². The van der Waals surface area contributed by atoms with Crippen LogP contribution in [-0.2, 0) is 4.79 Å². The number of furan rings is 1. The number of carbonyl (C=O) groups excluding carboxylic acids is 2. The lowest BCUT2D eigenvalue weighted by Crippen LogP contribution is -2.48. The highest BCUT2D eigenvalue weighted by atomic mass is 32.2. The van der Waals surface area contributed by atoms with Gasteiger partial charge in [0.1, 0.15) is 5.76 Å². The van der Waals surface area contributed by atoms with Crippen LogP contribution in [0.3, 0.4) is 0 Å². The molecule has 6 heteroatoms. The summed E-state index contributed by atoms with van der Waals surface area (Å²) in [5.41, 5.74) is 0. The fraction of sp³-hybridized carbons (Fsp3) is 0.455. The molecule has 5 nitrogen and oxygen atoms in total. The molecule has 0 aliphatic rings. The molecule has 0 fully saturated rings. The van der Waals surface area contributed by atoms with Crippen molar-refractivity contribution >= 4 is 23.6 Å².